The van der Waals surface area contributed by atoms with Crippen LogP contribution in [0.4, 0.5) is 5.69 Å². The number of ether oxygens (including phenoxy) is 2. The third kappa shape index (κ3) is 5.04. The number of hydrogen-bond donors (Lipinski definition) is 4. The number of carboxylic acids is 1. The SMILES string of the molecule is CCCOc1cc(C(Nc2ccc(/C(N)=N/O)cc2)C(=O)O)ccc1OC. The number of rotatable bonds is 9. The first-order valence-electron chi connectivity index (χ1n) is 8.38. The Morgan fingerprint density at radius 1 is 1.22 bits per heavy atom. The van der Waals surface area contributed by atoms with Crippen LogP contribution in [0.3, 0.4) is 0 Å². The summed E-state index contributed by atoms with van der Waals surface area (Å²) in [6, 6.07) is 10.6. The van der Waals surface area contributed by atoms with Gasteiger partial charge in [-0.3, -0.25) is 0 Å². The number of carboxylic acid groups (broad SMARTS) is 1. The summed E-state index contributed by atoms with van der Waals surface area (Å²) in [6.07, 6.45) is 0.820. The highest BCUT2D eigenvalue weighted by atomic mass is 16.5. The lowest BCUT2D eigenvalue weighted by atomic mass is 10.1. The number of nitrogens with two attached hydrogens (primary N) is 1. The number of anilines is 1. The summed E-state index contributed by atoms with van der Waals surface area (Å²) in [4.78, 5) is 11.8. The molecule has 0 saturated heterocycles. The van der Waals surface area contributed by atoms with Gasteiger partial charge in [0.25, 0.3) is 0 Å². The smallest absolute Gasteiger partial charge is 0.330 e. The van der Waals surface area contributed by atoms with Gasteiger partial charge in [-0.05, 0) is 48.4 Å². The number of nitrogens with zero attached hydrogens (tertiary/aromatic N) is 1. The molecule has 2 aromatic carbocycles. The number of oxime groups is 1. The predicted molar refractivity (Wildman–Crippen MR) is 102 cm³/mol. The van der Waals surface area contributed by atoms with Crippen molar-refractivity contribution < 1.29 is 24.6 Å². The van der Waals surface area contributed by atoms with Gasteiger partial charge in [-0.25, -0.2) is 4.79 Å². The average molecular weight is 373 g/mol. The third-order valence-electron chi connectivity index (χ3n) is 3.83. The molecule has 0 bridgehead atoms. The van der Waals surface area contributed by atoms with E-state index in [-0.39, 0.29) is 5.84 Å². The summed E-state index contributed by atoms with van der Waals surface area (Å²) in [7, 11) is 1.53. The zero-order valence-electron chi connectivity index (χ0n) is 15.2. The summed E-state index contributed by atoms with van der Waals surface area (Å²) < 4.78 is 10.9. The Morgan fingerprint density at radius 2 is 1.93 bits per heavy atom. The standard InChI is InChI=1S/C19H23N3O5/c1-3-10-27-16-11-13(6-9-15(16)26-2)17(19(23)24)21-14-7-4-12(5-8-14)18(20)22-25/h4-9,11,17,21,25H,3,10H2,1-2H3,(H2,20,22)(H,23,24). The molecule has 0 amide bonds. The number of benzene rings is 2. The number of carbonyl (C=O) groups is 1. The Balaban J connectivity index is 2.28. The van der Waals surface area contributed by atoms with Crippen LogP contribution in [0.2, 0.25) is 0 Å². The fraction of sp³-hybridized carbons (Fsp3) is 0.263. The van der Waals surface area contributed by atoms with Crippen molar-refractivity contribution in [3.8, 4) is 11.5 Å². The van der Waals surface area contributed by atoms with E-state index < -0.39 is 12.0 Å². The van der Waals surface area contributed by atoms with E-state index in [0.717, 1.165) is 6.42 Å². The minimum absolute atomic E-state index is 0.0239. The first kappa shape index (κ1) is 19.9. The lowest BCUT2D eigenvalue weighted by Gasteiger charge is -2.18. The molecule has 0 heterocycles. The summed E-state index contributed by atoms with van der Waals surface area (Å²) >= 11 is 0. The van der Waals surface area contributed by atoms with Crippen molar-refractivity contribution in [2.45, 2.75) is 19.4 Å². The molecule has 0 spiro atoms. The maximum absolute atomic E-state index is 11.8. The molecule has 27 heavy (non-hydrogen) atoms. The molecular weight excluding hydrogens is 350 g/mol. The van der Waals surface area contributed by atoms with Crippen LogP contribution in [0, 0.1) is 0 Å². The highest BCUT2D eigenvalue weighted by molar-refractivity contribution is 5.97. The molecule has 0 aliphatic rings. The van der Waals surface area contributed by atoms with Crippen LogP contribution in [-0.2, 0) is 4.79 Å². The molecule has 1 atom stereocenters. The van der Waals surface area contributed by atoms with Gasteiger partial charge >= 0.3 is 5.97 Å². The van der Waals surface area contributed by atoms with Gasteiger partial charge in [0.1, 0.15) is 0 Å². The van der Waals surface area contributed by atoms with Crippen LogP contribution in [0.1, 0.15) is 30.5 Å². The second-order valence-electron chi connectivity index (χ2n) is 5.74. The van der Waals surface area contributed by atoms with Crippen molar-refractivity contribution in [3.63, 3.8) is 0 Å². The normalized spacial score (nSPS) is 12.3. The number of hydrogen-bond acceptors (Lipinski definition) is 6. The van der Waals surface area contributed by atoms with Crippen LogP contribution in [0.5, 0.6) is 11.5 Å². The minimum Gasteiger partial charge on any atom is -0.493 e. The van der Waals surface area contributed by atoms with Crippen LogP contribution < -0.4 is 20.5 Å². The van der Waals surface area contributed by atoms with Crippen molar-refractivity contribution in [2.75, 3.05) is 19.0 Å². The molecule has 8 nitrogen and oxygen atoms in total. The molecular formula is C19H23N3O5. The zero-order chi connectivity index (χ0) is 19.8. The van der Waals surface area contributed by atoms with Gasteiger partial charge in [-0.1, -0.05) is 18.1 Å². The lowest BCUT2D eigenvalue weighted by Crippen LogP contribution is -2.21. The Labute approximate surface area is 157 Å². The first-order chi connectivity index (χ1) is 13.0. The van der Waals surface area contributed by atoms with Crippen molar-refractivity contribution in [1.29, 1.82) is 0 Å². The van der Waals surface area contributed by atoms with Crippen molar-refractivity contribution in [2.24, 2.45) is 10.9 Å². The highest BCUT2D eigenvalue weighted by Crippen LogP contribution is 2.32. The molecule has 2 aromatic rings. The molecule has 0 saturated carbocycles. The molecule has 0 aliphatic heterocycles. The molecule has 5 N–H and O–H groups in total. The lowest BCUT2D eigenvalue weighted by molar-refractivity contribution is -0.138. The van der Waals surface area contributed by atoms with Gasteiger partial charge in [-0.15, -0.1) is 0 Å². The van der Waals surface area contributed by atoms with Crippen LogP contribution in [0.25, 0.3) is 0 Å². The van der Waals surface area contributed by atoms with E-state index in [9.17, 15) is 9.90 Å². The van der Waals surface area contributed by atoms with E-state index >= 15 is 0 Å². The number of aliphatic carboxylic acids is 1. The van der Waals surface area contributed by atoms with Crippen LogP contribution in [-0.4, -0.2) is 35.8 Å². The largest absolute Gasteiger partial charge is 0.493 e. The fourth-order valence-electron chi connectivity index (χ4n) is 2.45. The fourth-order valence-corrected chi connectivity index (χ4v) is 2.45. The zero-order valence-corrected chi connectivity index (χ0v) is 15.2. The van der Waals surface area contributed by atoms with E-state index in [1.165, 1.54) is 7.11 Å². The minimum atomic E-state index is -1.04. The molecule has 2 rings (SSSR count). The van der Waals surface area contributed by atoms with Crippen LogP contribution in [0.15, 0.2) is 47.6 Å². The number of nitrogens with one attached hydrogen (secondary N) is 1. The quantitative estimate of drug-likeness (QED) is 0.230. The Bertz CT molecular complexity index is 805. The molecule has 144 valence electrons. The Morgan fingerprint density at radius 3 is 2.48 bits per heavy atom. The maximum atomic E-state index is 11.8. The Hall–Kier alpha value is -3.42. The molecule has 8 heteroatoms. The maximum Gasteiger partial charge on any atom is 0.330 e. The molecule has 0 radical (unpaired) electrons. The third-order valence-corrected chi connectivity index (χ3v) is 3.83. The monoisotopic (exact) mass is 373 g/mol. The molecule has 1 unspecified atom stereocenters. The van der Waals surface area contributed by atoms with Crippen molar-refractivity contribution in [1.82, 2.24) is 0 Å². The second kappa shape index (κ2) is 9.33. The average Bonchev–Trinajstić information content (AvgIpc) is 2.69. The molecule has 0 aromatic heterocycles. The van der Waals surface area contributed by atoms with E-state index in [1.807, 2.05) is 6.92 Å². The summed E-state index contributed by atoms with van der Waals surface area (Å²) in [5.74, 6) is -0.0297. The summed E-state index contributed by atoms with van der Waals surface area (Å²) in [6.45, 7) is 2.48. The molecule has 0 aliphatic carbocycles. The van der Waals surface area contributed by atoms with Crippen molar-refractivity contribution >= 4 is 17.5 Å². The Kier molecular flexibility index (Phi) is 6.87. The van der Waals surface area contributed by atoms with Gasteiger partial charge in [0, 0.05) is 11.3 Å². The van der Waals surface area contributed by atoms with E-state index in [4.69, 9.17) is 20.4 Å². The van der Waals surface area contributed by atoms with E-state index in [1.54, 1.807) is 42.5 Å². The van der Waals surface area contributed by atoms with E-state index in [0.29, 0.717) is 34.9 Å². The van der Waals surface area contributed by atoms with Gasteiger partial charge in [0.2, 0.25) is 0 Å². The van der Waals surface area contributed by atoms with Crippen LogP contribution >= 0.6 is 0 Å². The summed E-state index contributed by atoms with van der Waals surface area (Å²) in [5.41, 5.74) is 7.15. The predicted octanol–water partition coefficient (Wildman–Crippen LogP) is 2.82. The van der Waals surface area contributed by atoms with E-state index in [2.05, 4.69) is 10.5 Å². The first-order valence-corrected chi connectivity index (χ1v) is 8.38. The second-order valence-corrected chi connectivity index (χ2v) is 5.74. The van der Waals surface area contributed by atoms with Gasteiger partial charge < -0.3 is 30.8 Å². The van der Waals surface area contributed by atoms with Gasteiger partial charge in [0.05, 0.1) is 13.7 Å². The highest BCUT2D eigenvalue weighted by Gasteiger charge is 2.21. The summed E-state index contributed by atoms with van der Waals surface area (Å²) in [5, 5.41) is 24.2. The molecule has 0 fully saturated rings. The van der Waals surface area contributed by atoms with Crippen molar-refractivity contribution in [3.05, 3.63) is 53.6 Å². The topological polar surface area (TPSA) is 126 Å². The number of amidine groups is 1. The van der Waals surface area contributed by atoms with Gasteiger partial charge in [0.15, 0.2) is 23.4 Å². The van der Waals surface area contributed by atoms with Gasteiger partial charge in [-0.2, -0.15) is 0 Å². The number of methoxy groups -OCH3 is 1.